The second-order valence-corrected chi connectivity index (χ2v) is 9.55. The summed E-state index contributed by atoms with van der Waals surface area (Å²) in [5, 5.41) is 20.6. The predicted molar refractivity (Wildman–Crippen MR) is 134 cm³/mol. The number of hydrogen-bond donors (Lipinski definition) is 0. The average molecular weight is 533 g/mol. The van der Waals surface area contributed by atoms with Gasteiger partial charge in [0.05, 0.1) is 5.02 Å². The van der Waals surface area contributed by atoms with Gasteiger partial charge in [-0.2, -0.15) is 0 Å². The fraction of sp³-hybridized carbons (Fsp3) is 0.167. The highest BCUT2D eigenvalue weighted by Crippen LogP contribution is 2.38. The van der Waals surface area contributed by atoms with Gasteiger partial charge in [-0.15, -0.1) is 10.2 Å². The van der Waals surface area contributed by atoms with Crippen LogP contribution >= 0.6 is 35.0 Å². The SMILES string of the molecule is Cc1nnc(S[C@@H](C[N+](=O)[O-])c2ccc(OCc3ccccc3F)c(Cl)c2)n1-c1ccc(Cl)cc1. The van der Waals surface area contributed by atoms with Gasteiger partial charge in [-0.1, -0.05) is 59.2 Å². The van der Waals surface area contributed by atoms with Crippen LogP contribution in [0.25, 0.3) is 5.69 Å². The van der Waals surface area contributed by atoms with E-state index in [1.807, 2.05) is 12.1 Å². The fourth-order valence-corrected chi connectivity index (χ4v) is 4.92. The van der Waals surface area contributed by atoms with Gasteiger partial charge in [0.15, 0.2) is 5.16 Å². The molecule has 180 valence electrons. The lowest BCUT2D eigenvalue weighted by atomic mass is 10.1. The molecule has 0 fully saturated rings. The lowest BCUT2D eigenvalue weighted by Crippen LogP contribution is -2.11. The van der Waals surface area contributed by atoms with Gasteiger partial charge in [0, 0.05) is 21.2 Å². The highest BCUT2D eigenvalue weighted by atomic mass is 35.5. The minimum atomic E-state index is -0.599. The van der Waals surface area contributed by atoms with Crippen LogP contribution < -0.4 is 4.74 Å². The number of benzene rings is 3. The van der Waals surface area contributed by atoms with Gasteiger partial charge in [-0.05, 0) is 55.0 Å². The molecule has 0 saturated carbocycles. The molecule has 7 nitrogen and oxygen atoms in total. The number of hydrogen-bond acceptors (Lipinski definition) is 6. The second-order valence-electron chi connectivity index (χ2n) is 7.53. The van der Waals surface area contributed by atoms with Gasteiger partial charge in [0.2, 0.25) is 6.54 Å². The molecule has 1 atom stereocenters. The molecule has 0 aliphatic heterocycles. The van der Waals surface area contributed by atoms with Crippen LogP contribution in [0.5, 0.6) is 5.75 Å². The predicted octanol–water partition coefficient (Wildman–Crippen LogP) is 6.71. The van der Waals surface area contributed by atoms with E-state index in [4.69, 9.17) is 27.9 Å². The zero-order valence-corrected chi connectivity index (χ0v) is 20.7. The van der Waals surface area contributed by atoms with Crippen LogP contribution in [0.1, 0.15) is 22.2 Å². The zero-order chi connectivity index (χ0) is 24.9. The van der Waals surface area contributed by atoms with Crippen LogP contribution in [0.4, 0.5) is 4.39 Å². The standard InChI is InChI=1S/C24H19Cl2FN4O3S/c1-15-28-29-24(31(15)19-9-7-18(25)8-10-19)35-23(13-30(32)33)16-6-11-22(20(26)12-16)34-14-17-4-2-3-5-21(17)27/h2-12,23H,13-14H2,1H3/t23-/m0/s1. The Morgan fingerprint density at radius 2 is 1.86 bits per heavy atom. The minimum Gasteiger partial charge on any atom is -0.487 e. The van der Waals surface area contributed by atoms with E-state index < -0.39 is 5.25 Å². The number of ether oxygens (including phenoxy) is 1. The van der Waals surface area contributed by atoms with Gasteiger partial charge in [-0.25, -0.2) is 4.39 Å². The van der Waals surface area contributed by atoms with Crippen molar-refractivity contribution in [3.63, 3.8) is 0 Å². The molecule has 1 aromatic heterocycles. The van der Waals surface area contributed by atoms with Crippen LogP contribution in [0.15, 0.2) is 71.9 Å². The monoisotopic (exact) mass is 532 g/mol. The Labute approximate surface area is 215 Å². The average Bonchev–Trinajstić information content (AvgIpc) is 3.19. The number of aryl methyl sites for hydroxylation is 1. The molecule has 0 radical (unpaired) electrons. The van der Waals surface area contributed by atoms with Gasteiger partial charge >= 0.3 is 0 Å². The Bertz CT molecular complexity index is 1350. The molecule has 11 heteroatoms. The van der Waals surface area contributed by atoms with Crippen molar-refractivity contribution in [2.45, 2.75) is 23.9 Å². The molecule has 0 spiro atoms. The molecule has 3 aromatic carbocycles. The third-order valence-corrected chi connectivity index (χ3v) is 6.84. The van der Waals surface area contributed by atoms with Crippen LogP contribution in [0.2, 0.25) is 10.0 Å². The Morgan fingerprint density at radius 1 is 1.11 bits per heavy atom. The summed E-state index contributed by atoms with van der Waals surface area (Å²) in [6.45, 7) is 1.44. The summed E-state index contributed by atoms with van der Waals surface area (Å²) in [4.78, 5) is 11.1. The highest BCUT2D eigenvalue weighted by Gasteiger charge is 2.24. The zero-order valence-electron chi connectivity index (χ0n) is 18.4. The summed E-state index contributed by atoms with van der Waals surface area (Å²) < 4.78 is 21.4. The summed E-state index contributed by atoms with van der Waals surface area (Å²) in [7, 11) is 0. The maximum Gasteiger partial charge on any atom is 0.220 e. The first-order chi connectivity index (χ1) is 16.8. The Morgan fingerprint density at radius 3 is 2.54 bits per heavy atom. The number of aromatic nitrogens is 3. The lowest BCUT2D eigenvalue weighted by molar-refractivity contribution is -0.479. The van der Waals surface area contributed by atoms with E-state index in [9.17, 15) is 14.5 Å². The van der Waals surface area contributed by atoms with Crippen LogP contribution in [-0.4, -0.2) is 26.2 Å². The quantitative estimate of drug-likeness (QED) is 0.135. The van der Waals surface area contributed by atoms with E-state index in [-0.39, 0.29) is 28.9 Å². The molecular formula is C24H19Cl2FN4O3S. The van der Waals surface area contributed by atoms with Gasteiger partial charge in [-0.3, -0.25) is 14.7 Å². The van der Waals surface area contributed by atoms with E-state index in [2.05, 4.69) is 10.2 Å². The second kappa shape index (κ2) is 11.1. The first kappa shape index (κ1) is 25.0. The molecule has 0 aliphatic carbocycles. The van der Waals surface area contributed by atoms with Crippen molar-refractivity contribution in [1.29, 1.82) is 0 Å². The minimum absolute atomic E-state index is 0.00227. The van der Waals surface area contributed by atoms with E-state index in [0.717, 1.165) is 5.69 Å². The van der Waals surface area contributed by atoms with Gasteiger partial charge in [0.1, 0.15) is 29.2 Å². The smallest absolute Gasteiger partial charge is 0.220 e. The maximum atomic E-state index is 13.9. The molecule has 35 heavy (non-hydrogen) atoms. The van der Waals surface area contributed by atoms with Gasteiger partial charge in [0.25, 0.3) is 0 Å². The molecular weight excluding hydrogens is 514 g/mol. The fourth-order valence-electron chi connectivity index (χ4n) is 3.39. The Kier molecular flexibility index (Phi) is 7.90. The molecule has 0 aliphatic rings. The molecule has 0 bridgehead atoms. The Balaban J connectivity index is 1.58. The first-order valence-corrected chi connectivity index (χ1v) is 12.1. The number of thioether (sulfide) groups is 1. The summed E-state index contributed by atoms with van der Waals surface area (Å²) in [5.74, 6) is 0.607. The summed E-state index contributed by atoms with van der Waals surface area (Å²) >= 11 is 13.6. The lowest BCUT2D eigenvalue weighted by Gasteiger charge is -2.16. The maximum absolute atomic E-state index is 13.9. The summed E-state index contributed by atoms with van der Waals surface area (Å²) in [6.07, 6.45) is 0. The molecule has 0 unspecified atom stereocenters. The number of nitro groups is 1. The van der Waals surface area contributed by atoms with Crippen LogP contribution in [0, 0.1) is 22.9 Å². The molecule has 0 amide bonds. The van der Waals surface area contributed by atoms with E-state index in [1.54, 1.807) is 60.0 Å². The normalized spacial score (nSPS) is 11.9. The van der Waals surface area contributed by atoms with Crippen molar-refractivity contribution in [3.05, 3.63) is 110 Å². The molecule has 0 N–H and O–H groups in total. The molecule has 0 saturated heterocycles. The topological polar surface area (TPSA) is 83.1 Å². The third kappa shape index (κ3) is 6.11. The van der Waals surface area contributed by atoms with Crippen molar-refractivity contribution in [1.82, 2.24) is 14.8 Å². The largest absolute Gasteiger partial charge is 0.487 e. The Hall–Kier alpha value is -3.14. The molecule has 4 aromatic rings. The number of halogens is 3. The third-order valence-electron chi connectivity index (χ3n) is 5.11. The molecule has 1 heterocycles. The van der Waals surface area contributed by atoms with Gasteiger partial charge < -0.3 is 4.74 Å². The molecule has 4 rings (SSSR count). The van der Waals surface area contributed by atoms with E-state index >= 15 is 0 Å². The highest BCUT2D eigenvalue weighted by molar-refractivity contribution is 7.99. The van der Waals surface area contributed by atoms with Crippen molar-refractivity contribution >= 4 is 35.0 Å². The number of nitrogens with zero attached hydrogens (tertiary/aromatic N) is 4. The number of rotatable bonds is 9. The summed E-state index contributed by atoms with van der Waals surface area (Å²) in [6, 6.07) is 18.4. The van der Waals surface area contributed by atoms with Crippen molar-refractivity contribution < 1.29 is 14.1 Å². The van der Waals surface area contributed by atoms with Crippen LogP contribution in [-0.2, 0) is 6.61 Å². The summed E-state index contributed by atoms with van der Waals surface area (Å²) in [5.41, 5.74) is 1.80. The van der Waals surface area contributed by atoms with Crippen molar-refractivity contribution in [3.8, 4) is 11.4 Å². The van der Waals surface area contributed by atoms with Crippen LogP contribution in [0.3, 0.4) is 0 Å². The first-order valence-electron chi connectivity index (χ1n) is 10.4. The van der Waals surface area contributed by atoms with E-state index in [1.165, 1.54) is 17.8 Å². The van der Waals surface area contributed by atoms with Crippen molar-refractivity contribution in [2.24, 2.45) is 0 Å². The van der Waals surface area contributed by atoms with Crippen molar-refractivity contribution in [2.75, 3.05) is 6.54 Å². The van der Waals surface area contributed by atoms with E-state index in [0.29, 0.717) is 32.9 Å².